The summed E-state index contributed by atoms with van der Waals surface area (Å²) in [5.74, 6) is -1.49. The fraction of sp³-hybridized carbons (Fsp3) is 0.462. The van der Waals surface area contributed by atoms with Crippen LogP contribution in [0.1, 0.15) is 50.2 Å². The van der Waals surface area contributed by atoms with Crippen LogP contribution in [0.4, 0.5) is 4.39 Å². The molecule has 1 saturated heterocycles. The molecule has 1 heterocycles. The highest BCUT2D eigenvalue weighted by molar-refractivity contribution is 5.87. The molecule has 2 aliphatic rings. The Hall–Kier alpha value is -2.73. The van der Waals surface area contributed by atoms with E-state index in [1.807, 2.05) is 37.3 Å². The topological polar surface area (TPSA) is 83.6 Å². The van der Waals surface area contributed by atoms with Crippen molar-refractivity contribution >= 4 is 11.9 Å². The predicted octanol–water partition coefficient (Wildman–Crippen LogP) is 3.86. The Morgan fingerprint density at radius 1 is 1.00 bits per heavy atom. The molecule has 1 saturated carbocycles. The lowest BCUT2D eigenvalue weighted by Gasteiger charge is -2.49. The Morgan fingerprint density at radius 2 is 1.62 bits per heavy atom. The normalized spacial score (nSPS) is 31.2. The van der Waals surface area contributed by atoms with Gasteiger partial charge in [0.2, 0.25) is 5.91 Å². The largest absolute Gasteiger partial charge is 0.481 e. The maximum absolute atomic E-state index is 13.4. The number of hydrogen-bond acceptors (Lipinski definition) is 3. The second-order valence-electron chi connectivity index (χ2n) is 9.47. The number of nitrogens with two attached hydrogens (primary N) is 1. The molecule has 2 aromatic rings. The van der Waals surface area contributed by atoms with Crippen molar-refractivity contribution in [2.24, 2.45) is 11.7 Å². The average Bonchev–Trinajstić information content (AvgIpc) is 2.80. The minimum Gasteiger partial charge on any atom is -0.481 e. The van der Waals surface area contributed by atoms with Gasteiger partial charge in [-0.05, 0) is 67.8 Å². The smallest absolute Gasteiger partial charge is 0.314 e. The first kappa shape index (κ1) is 22.5. The summed E-state index contributed by atoms with van der Waals surface area (Å²) in [6.45, 7) is 3.44. The first-order valence-electron chi connectivity index (χ1n) is 11.4. The zero-order chi connectivity index (χ0) is 22.9. The number of nitrogens with zero attached hydrogens (tertiary/aromatic N) is 1. The van der Waals surface area contributed by atoms with Crippen LogP contribution in [-0.2, 0) is 20.4 Å². The van der Waals surface area contributed by atoms with Crippen LogP contribution in [0.3, 0.4) is 0 Å². The van der Waals surface area contributed by atoms with Crippen molar-refractivity contribution in [3.63, 3.8) is 0 Å². The lowest BCUT2D eigenvalue weighted by molar-refractivity contribution is -0.149. The molecule has 0 aromatic heterocycles. The summed E-state index contributed by atoms with van der Waals surface area (Å²) in [5, 5.41) is 10.2. The van der Waals surface area contributed by atoms with E-state index in [9.17, 15) is 19.1 Å². The number of hydrogen-bond donors (Lipinski definition) is 2. The van der Waals surface area contributed by atoms with Crippen LogP contribution in [0.25, 0.3) is 0 Å². The van der Waals surface area contributed by atoms with Gasteiger partial charge in [-0.1, -0.05) is 49.4 Å². The van der Waals surface area contributed by atoms with Crippen molar-refractivity contribution in [2.45, 2.75) is 55.9 Å². The Labute approximate surface area is 188 Å². The lowest BCUT2D eigenvalue weighted by atomic mass is 9.64. The Bertz CT molecular complexity index is 970. The molecule has 0 radical (unpaired) electrons. The Kier molecular flexibility index (Phi) is 6.08. The highest BCUT2D eigenvalue weighted by atomic mass is 19.1. The Morgan fingerprint density at radius 3 is 2.16 bits per heavy atom. The van der Waals surface area contributed by atoms with Crippen molar-refractivity contribution < 1.29 is 19.1 Å². The van der Waals surface area contributed by atoms with Crippen molar-refractivity contribution in [1.29, 1.82) is 0 Å². The van der Waals surface area contributed by atoms with Gasteiger partial charge in [-0.25, -0.2) is 4.39 Å². The van der Waals surface area contributed by atoms with Gasteiger partial charge < -0.3 is 15.7 Å². The van der Waals surface area contributed by atoms with Crippen molar-refractivity contribution in [2.75, 3.05) is 13.1 Å². The van der Waals surface area contributed by atoms with E-state index in [1.165, 1.54) is 12.1 Å². The summed E-state index contributed by atoms with van der Waals surface area (Å²) in [6, 6.07) is 15.9. The summed E-state index contributed by atoms with van der Waals surface area (Å²) in [5.41, 5.74) is 5.85. The van der Waals surface area contributed by atoms with Gasteiger partial charge in [0.15, 0.2) is 0 Å². The van der Waals surface area contributed by atoms with Gasteiger partial charge in [0.05, 0.1) is 10.8 Å². The molecular formula is C26H31FN2O3. The van der Waals surface area contributed by atoms with Crippen LogP contribution in [0, 0.1) is 11.7 Å². The molecule has 0 bridgehead atoms. The zero-order valence-corrected chi connectivity index (χ0v) is 18.5. The van der Waals surface area contributed by atoms with E-state index < -0.39 is 16.8 Å². The lowest BCUT2D eigenvalue weighted by Crippen LogP contribution is -2.57. The van der Waals surface area contributed by atoms with Crippen molar-refractivity contribution in [3.05, 3.63) is 71.5 Å². The summed E-state index contributed by atoms with van der Waals surface area (Å²) in [4.78, 5) is 27.3. The van der Waals surface area contributed by atoms with E-state index >= 15 is 0 Å². The third kappa shape index (κ3) is 3.71. The van der Waals surface area contributed by atoms with Gasteiger partial charge in [-0.2, -0.15) is 0 Å². The molecule has 1 aliphatic heterocycles. The first-order valence-corrected chi connectivity index (χ1v) is 11.4. The number of carboxylic acid groups (broad SMARTS) is 1. The number of likely N-dealkylation sites (tertiary alicyclic amines) is 1. The van der Waals surface area contributed by atoms with Crippen LogP contribution < -0.4 is 5.73 Å². The second kappa shape index (κ2) is 8.66. The van der Waals surface area contributed by atoms with Gasteiger partial charge in [-0.15, -0.1) is 0 Å². The standard InChI is InChI=1S/C26H31FN2O3/c1-18-17-29(16-15-26(18,24(31)32)20-5-3-2-4-6-20)22-11-13-25(14-12-22,23(28)30)19-7-9-21(27)10-8-19/h2-10,18,22H,11-17H2,1H3,(H2,28,30)(H,31,32)/t18-,22?,25?,26-/m1/s1. The third-order valence-electron chi connectivity index (χ3n) is 8.01. The number of amides is 1. The molecule has 2 atom stereocenters. The second-order valence-corrected chi connectivity index (χ2v) is 9.47. The highest BCUT2D eigenvalue weighted by Gasteiger charge is 2.50. The Balaban J connectivity index is 1.49. The third-order valence-corrected chi connectivity index (χ3v) is 8.01. The summed E-state index contributed by atoms with van der Waals surface area (Å²) in [7, 11) is 0. The van der Waals surface area contributed by atoms with E-state index in [2.05, 4.69) is 4.90 Å². The fourth-order valence-corrected chi connectivity index (χ4v) is 6.01. The zero-order valence-electron chi connectivity index (χ0n) is 18.5. The summed E-state index contributed by atoms with van der Waals surface area (Å²) >= 11 is 0. The number of carbonyl (C=O) groups excluding carboxylic acids is 1. The van der Waals surface area contributed by atoms with Crippen LogP contribution in [0.2, 0.25) is 0 Å². The summed E-state index contributed by atoms with van der Waals surface area (Å²) in [6.07, 6.45) is 3.40. The van der Waals surface area contributed by atoms with Gasteiger partial charge in [-0.3, -0.25) is 9.59 Å². The SMILES string of the molecule is C[C@@H]1CN(C2CCC(C(N)=O)(c3ccc(F)cc3)CC2)CC[C@]1(C(=O)O)c1ccccc1. The first-order chi connectivity index (χ1) is 15.3. The van der Waals surface area contributed by atoms with Gasteiger partial charge >= 0.3 is 5.97 Å². The monoisotopic (exact) mass is 438 g/mol. The average molecular weight is 439 g/mol. The van der Waals surface area contributed by atoms with Crippen molar-refractivity contribution in [3.8, 4) is 0 Å². The molecule has 170 valence electrons. The van der Waals surface area contributed by atoms with E-state index in [4.69, 9.17) is 5.73 Å². The van der Waals surface area contributed by atoms with E-state index in [0.717, 1.165) is 24.0 Å². The number of aliphatic carboxylic acids is 1. The van der Waals surface area contributed by atoms with Crippen LogP contribution in [0.5, 0.6) is 0 Å². The number of benzene rings is 2. The molecule has 1 aliphatic carbocycles. The van der Waals surface area contributed by atoms with Gasteiger partial charge in [0, 0.05) is 12.6 Å². The molecule has 32 heavy (non-hydrogen) atoms. The molecule has 4 rings (SSSR count). The summed E-state index contributed by atoms with van der Waals surface area (Å²) < 4.78 is 13.4. The number of piperidine rings is 1. The molecule has 6 heteroatoms. The number of carbonyl (C=O) groups is 2. The minimum absolute atomic E-state index is 0.0453. The van der Waals surface area contributed by atoms with Crippen LogP contribution >= 0.6 is 0 Å². The van der Waals surface area contributed by atoms with E-state index in [-0.39, 0.29) is 23.7 Å². The van der Waals surface area contributed by atoms with Crippen LogP contribution in [0.15, 0.2) is 54.6 Å². The fourth-order valence-electron chi connectivity index (χ4n) is 6.01. The maximum atomic E-state index is 13.4. The molecular weight excluding hydrogens is 407 g/mol. The van der Waals surface area contributed by atoms with Crippen LogP contribution in [-0.4, -0.2) is 41.0 Å². The maximum Gasteiger partial charge on any atom is 0.314 e. The van der Waals surface area contributed by atoms with Gasteiger partial charge in [0.1, 0.15) is 5.82 Å². The molecule has 3 N–H and O–H groups in total. The van der Waals surface area contributed by atoms with Gasteiger partial charge in [0.25, 0.3) is 0 Å². The molecule has 2 aromatic carbocycles. The predicted molar refractivity (Wildman–Crippen MR) is 121 cm³/mol. The molecule has 5 nitrogen and oxygen atoms in total. The highest BCUT2D eigenvalue weighted by Crippen LogP contribution is 2.44. The minimum atomic E-state index is -0.877. The number of halogens is 1. The van der Waals surface area contributed by atoms with E-state index in [0.29, 0.717) is 32.4 Å². The molecule has 0 unspecified atom stereocenters. The quantitative estimate of drug-likeness (QED) is 0.743. The number of primary amides is 1. The number of carboxylic acids is 1. The molecule has 0 spiro atoms. The molecule has 1 amide bonds. The number of rotatable bonds is 5. The molecule has 2 fully saturated rings. The van der Waals surface area contributed by atoms with E-state index in [1.54, 1.807) is 12.1 Å². The van der Waals surface area contributed by atoms with Crippen molar-refractivity contribution in [1.82, 2.24) is 4.90 Å².